The highest BCUT2D eigenvalue weighted by molar-refractivity contribution is 7.25. The van der Waals surface area contributed by atoms with Gasteiger partial charge < -0.3 is 4.90 Å². The van der Waals surface area contributed by atoms with Crippen LogP contribution in [-0.4, -0.2) is 0 Å². The Hall–Kier alpha value is -6.22. The third-order valence-electron chi connectivity index (χ3n) is 10.0. The van der Waals surface area contributed by atoms with Crippen molar-refractivity contribution in [2.75, 3.05) is 4.90 Å². The van der Waals surface area contributed by atoms with E-state index < -0.39 is 0 Å². The average molecular weight is 654 g/mol. The van der Waals surface area contributed by atoms with Gasteiger partial charge >= 0.3 is 0 Å². The molecule has 0 aliphatic rings. The van der Waals surface area contributed by atoms with E-state index in [1.807, 2.05) is 11.3 Å². The monoisotopic (exact) mass is 653 g/mol. The molecule has 0 amide bonds. The molecule has 10 aromatic rings. The number of fused-ring (bicyclic) bond motifs is 7. The van der Waals surface area contributed by atoms with Crippen molar-refractivity contribution in [3.63, 3.8) is 0 Å². The van der Waals surface area contributed by atoms with Crippen LogP contribution >= 0.6 is 11.3 Å². The summed E-state index contributed by atoms with van der Waals surface area (Å²) in [5.74, 6) is 0. The molecule has 0 aliphatic carbocycles. The van der Waals surface area contributed by atoms with Crippen molar-refractivity contribution >= 4 is 80.9 Å². The van der Waals surface area contributed by atoms with Crippen molar-refractivity contribution in [3.8, 4) is 22.3 Å². The van der Waals surface area contributed by atoms with Crippen molar-refractivity contribution in [1.29, 1.82) is 0 Å². The van der Waals surface area contributed by atoms with Crippen LogP contribution in [0.4, 0.5) is 17.1 Å². The lowest BCUT2D eigenvalue weighted by Crippen LogP contribution is -2.10. The summed E-state index contributed by atoms with van der Waals surface area (Å²) in [5.41, 5.74) is 8.26. The fourth-order valence-electron chi connectivity index (χ4n) is 7.58. The highest BCUT2D eigenvalue weighted by Gasteiger charge is 2.17. The lowest BCUT2D eigenvalue weighted by Gasteiger charge is -2.26. The molecule has 9 aromatic carbocycles. The third-order valence-corrected chi connectivity index (χ3v) is 11.1. The second-order valence-corrected chi connectivity index (χ2v) is 14.0. The van der Waals surface area contributed by atoms with Crippen molar-refractivity contribution < 1.29 is 0 Å². The van der Waals surface area contributed by atoms with Crippen LogP contribution in [0.15, 0.2) is 188 Å². The lowest BCUT2D eigenvalue weighted by molar-refractivity contribution is 1.29. The number of benzene rings is 9. The van der Waals surface area contributed by atoms with Crippen LogP contribution < -0.4 is 4.90 Å². The topological polar surface area (TPSA) is 3.24 Å². The fraction of sp³-hybridized carbons (Fsp3) is 0. The van der Waals surface area contributed by atoms with Crippen molar-refractivity contribution in [2.24, 2.45) is 0 Å². The molecule has 2 heteroatoms. The van der Waals surface area contributed by atoms with Gasteiger partial charge in [0.05, 0.1) is 0 Å². The minimum atomic E-state index is 1.12. The largest absolute Gasteiger partial charge is 0.310 e. The predicted octanol–water partition coefficient (Wildman–Crippen LogP) is 14.3. The fourth-order valence-corrected chi connectivity index (χ4v) is 8.72. The maximum absolute atomic E-state index is 2.40. The molecule has 1 nitrogen and oxygen atoms in total. The van der Waals surface area contributed by atoms with Gasteiger partial charge in [-0.3, -0.25) is 0 Å². The molecule has 1 aromatic heterocycles. The summed E-state index contributed by atoms with van der Waals surface area (Å²) in [6.45, 7) is 0. The van der Waals surface area contributed by atoms with E-state index in [4.69, 9.17) is 0 Å². The zero-order valence-electron chi connectivity index (χ0n) is 27.3. The summed E-state index contributed by atoms with van der Waals surface area (Å²) in [7, 11) is 0. The van der Waals surface area contributed by atoms with Gasteiger partial charge in [0.25, 0.3) is 0 Å². The molecule has 0 N–H and O–H groups in total. The number of hydrogen-bond donors (Lipinski definition) is 0. The molecular formula is C48H31NS. The first-order valence-electron chi connectivity index (χ1n) is 17.1. The molecule has 1 heterocycles. The minimum absolute atomic E-state index is 1.12. The van der Waals surface area contributed by atoms with Gasteiger partial charge in [-0.2, -0.15) is 0 Å². The highest BCUT2D eigenvalue weighted by Crippen LogP contribution is 2.43. The number of nitrogens with zero attached hydrogens (tertiary/aromatic N) is 1. The number of hydrogen-bond acceptors (Lipinski definition) is 2. The number of anilines is 3. The maximum Gasteiger partial charge on any atom is 0.0476 e. The summed E-state index contributed by atoms with van der Waals surface area (Å²) in [6.07, 6.45) is 0. The second kappa shape index (κ2) is 11.7. The zero-order chi connectivity index (χ0) is 33.0. The van der Waals surface area contributed by atoms with Crippen LogP contribution in [-0.2, 0) is 0 Å². The first kappa shape index (κ1) is 28.8. The van der Waals surface area contributed by atoms with Crippen LogP contribution in [0.3, 0.4) is 0 Å². The molecule has 0 saturated carbocycles. The Kier molecular flexibility index (Phi) is 6.75. The molecule has 0 unspecified atom stereocenters. The summed E-state index contributed by atoms with van der Waals surface area (Å²) in [6, 6.07) is 68.8. The summed E-state index contributed by atoms with van der Waals surface area (Å²) in [4.78, 5) is 2.40. The van der Waals surface area contributed by atoms with Gasteiger partial charge in [-0.25, -0.2) is 0 Å². The van der Waals surface area contributed by atoms with Crippen LogP contribution in [0.25, 0.3) is 74.7 Å². The predicted molar refractivity (Wildman–Crippen MR) is 217 cm³/mol. The summed E-state index contributed by atoms with van der Waals surface area (Å²) in [5, 5.41) is 10.2. The van der Waals surface area contributed by atoms with E-state index in [1.165, 1.54) is 74.7 Å². The van der Waals surface area contributed by atoms with Crippen LogP contribution in [0, 0.1) is 0 Å². The first-order valence-corrected chi connectivity index (χ1v) is 17.9. The van der Waals surface area contributed by atoms with Crippen molar-refractivity contribution in [1.82, 2.24) is 0 Å². The molecule has 50 heavy (non-hydrogen) atoms. The molecule has 234 valence electrons. The smallest absolute Gasteiger partial charge is 0.0476 e. The van der Waals surface area contributed by atoms with E-state index in [0.29, 0.717) is 0 Å². The quantitative estimate of drug-likeness (QED) is 0.167. The average Bonchev–Trinajstić information content (AvgIpc) is 3.56. The normalized spacial score (nSPS) is 11.6. The van der Waals surface area contributed by atoms with Crippen molar-refractivity contribution in [3.05, 3.63) is 188 Å². The first-order chi connectivity index (χ1) is 24.8. The molecule has 10 rings (SSSR count). The maximum atomic E-state index is 2.40. The zero-order valence-corrected chi connectivity index (χ0v) is 28.1. The Balaban J connectivity index is 1.12. The van der Waals surface area contributed by atoms with E-state index in [0.717, 1.165) is 17.1 Å². The van der Waals surface area contributed by atoms with Gasteiger partial charge in [0.15, 0.2) is 0 Å². The van der Waals surface area contributed by atoms with Crippen LogP contribution in [0.2, 0.25) is 0 Å². The van der Waals surface area contributed by atoms with Gasteiger partial charge in [0, 0.05) is 37.2 Å². The van der Waals surface area contributed by atoms with Gasteiger partial charge in [-0.15, -0.1) is 11.3 Å². The number of thiophene rings is 1. The molecular weight excluding hydrogens is 623 g/mol. The Bertz CT molecular complexity index is 2880. The highest BCUT2D eigenvalue weighted by atomic mass is 32.1. The summed E-state index contributed by atoms with van der Waals surface area (Å²) >= 11 is 1.86. The minimum Gasteiger partial charge on any atom is -0.310 e. The van der Waals surface area contributed by atoms with E-state index in [2.05, 4.69) is 193 Å². The molecule has 0 aliphatic heterocycles. The van der Waals surface area contributed by atoms with Crippen LogP contribution in [0.5, 0.6) is 0 Å². The molecule has 0 bridgehead atoms. The third kappa shape index (κ3) is 4.84. The van der Waals surface area contributed by atoms with Crippen LogP contribution in [0.1, 0.15) is 0 Å². The van der Waals surface area contributed by atoms with Gasteiger partial charge in [-0.1, -0.05) is 133 Å². The Morgan fingerprint density at radius 2 is 0.920 bits per heavy atom. The lowest BCUT2D eigenvalue weighted by atomic mass is 9.93. The van der Waals surface area contributed by atoms with Gasteiger partial charge in [0.1, 0.15) is 0 Å². The van der Waals surface area contributed by atoms with E-state index in [1.54, 1.807) is 0 Å². The molecule has 0 radical (unpaired) electrons. The Labute approximate surface area is 294 Å². The van der Waals surface area contributed by atoms with E-state index in [9.17, 15) is 0 Å². The Morgan fingerprint density at radius 3 is 1.78 bits per heavy atom. The van der Waals surface area contributed by atoms with Crippen molar-refractivity contribution in [2.45, 2.75) is 0 Å². The van der Waals surface area contributed by atoms with E-state index in [-0.39, 0.29) is 0 Å². The summed E-state index contributed by atoms with van der Waals surface area (Å²) < 4.78 is 2.61. The molecule has 0 saturated heterocycles. The van der Waals surface area contributed by atoms with E-state index >= 15 is 0 Å². The number of rotatable bonds is 5. The van der Waals surface area contributed by atoms with Gasteiger partial charge in [0.2, 0.25) is 0 Å². The Morgan fingerprint density at radius 1 is 0.300 bits per heavy atom. The SMILES string of the molecule is c1cc(-c2ccc3ccccc3c2)cc(N(c2ccc(-c3cc4ccccc4c4ccccc34)cc2)c2ccc3c(c2)sc2ccccc23)c1. The van der Waals surface area contributed by atoms with Gasteiger partial charge in [-0.05, 0) is 109 Å². The molecule has 0 atom stereocenters. The second-order valence-electron chi connectivity index (χ2n) is 13.0. The molecule has 0 fully saturated rings. The standard InChI is InChI=1S/C48H31NS/c1-2-11-34-28-36(21-20-32(34)10-1)35-13-9-14-39(29-35)49(40-26-27-45-44-18-7-8-19-47(44)50-48(45)31-40)38-24-22-33(23-25-38)46-30-37-12-3-4-15-41(37)42-16-5-6-17-43(42)46/h1-31H. The molecule has 0 spiro atoms.